The summed E-state index contributed by atoms with van der Waals surface area (Å²) in [6.07, 6.45) is 1.77. The van der Waals surface area contributed by atoms with Crippen LogP contribution in [0.25, 0.3) is 0 Å². The molecule has 0 bridgehead atoms. The molecule has 0 N–H and O–H groups in total. The monoisotopic (exact) mass is 288 g/mol. The Bertz CT molecular complexity index is 529. The Morgan fingerprint density at radius 3 is 2.48 bits per heavy atom. The zero-order valence-electron chi connectivity index (χ0n) is 13.5. The van der Waals surface area contributed by atoms with Crippen molar-refractivity contribution in [1.82, 2.24) is 4.90 Å². The summed E-state index contributed by atoms with van der Waals surface area (Å²) in [4.78, 5) is 18.8. The average Bonchev–Trinajstić information content (AvgIpc) is 2.64. The van der Waals surface area contributed by atoms with Crippen LogP contribution in [0.1, 0.15) is 40.2 Å². The maximum absolute atomic E-state index is 12.3. The number of rotatable bonds is 3. The van der Waals surface area contributed by atoms with Crippen LogP contribution in [0.2, 0.25) is 0 Å². The van der Waals surface area contributed by atoms with Gasteiger partial charge >= 0.3 is 5.97 Å². The number of aliphatic imine (C=N–C) groups is 1. The normalized spacial score (nSPS) is 20.6. The van der Waals surface area contributed by atoms with Crippen LogP contribution >= 0.6 is 0 Å². The van der Waals surface area contributed by atoms with Gasteiger partial charge in [-0.25, -0.2) is 4.79 Å². The first kappa shape index (κ1) is 15.5. The number of esters is 1. The van der Waals surface area contributed by atoms with E-state index >= 15 is 0 Å². The molecule has 0 saturated carbocycles. The Balaban J connectivity index is 2.09. The molecule has 21 heavy (non-hydrogen) atoms. The van der Waals surface area contributed by atoms with Crippen molar-refractivity contribution < 1.29 is 9.53 Å². The Morgan fingerprint density at radius 2 is 1.90 bits per heavy atom. The first-order chi connectivity index (χ1) is 9.70. The number of ether oxygens (including phenoxy) is 1. The van der Waals surface area contributed by atoms with Gasteiger partial charge in [-0.15, -0.1) is 0 Å². The molecule has 0 saturated heterocycles. The maximum Gasteiger partial charge on any atom is 0.333 e. The number of hydrogen-bond acceptors (Lipinski definition) is 4. The number of carbonyl (C=O) groups is 1. The number of nitrogens with zero attached hydrogens (tertiary/aromatic N) is 2. The van der Waals surface area contributed by atoms with Crippen molar-refractivity contribution in [3.8, 4) is 0 Å². The largest absolute Gasteiger partial charge is 0.458 e. The molecule has 0 fully saturated rings. The van der Waals surface area contributed by atoms with Gasteiger partial charge < -0.3 is 9.64 Å². The van der Waals surface area contributed by atoms with Crippen molar-refractivity contribution in [2.45, 2.75) is 58.3 Å². The fourth-order valence-corrected chi connectivity index (χ4v) is 2.37. The van der Waals surface area contributed by atoms with Gasteiger partial charge in [0.2, 0.25) is 0 Å². The second-order valence-electron chi connectivity index (χ2n) is 6.97. The summed E-state index contributed by atoms with van der Waals surface area (Å²) in [5.41, 5.74) is 0.315. The Morgan fingerprint density at radius 1 is 1.29 bits per heavy atom. The van der Waals surface area contributed by atoms with Gasteiger partial charge in [0.1, 0.15) is 5.60 Å². The fourth-order valence-electron chi connectivity index (χ4n) is 2.37. The lowest BCUT2D eigenvalue weighted by molar-refractivity contribution is -0.158. The van der Waals surface area contributed by atoms with E-state index in [1.165, 1.54) is 5.56 Å². The highest BCUT2D eigenvalue weighted by molar-refractivity contribution is 5.82. The van der Waals surface area contributed by atoms with Crippen molar-refractivity contribution in [2.24, 2.45) is 4.99 Å². The molecule has 4 nitrogen and oxygen atoms in total. The summed E-state index contributed by atoms with van der Waals surface area (Å²) < 4.78 is 5.48. The molecule has 0 amide bonds. The molecule has 0 aliphatic carbocycles. The molecule has 1 atom stereocenters. The zero-order chi connectivity index (χ0) is 15.7. The van der Waals surface area contributed by atoms with Gasteiger partial charge in [0.15, 0.2) is 6.04 Å². The second kappa shape index (κ2) is 5.51. The Hall–Kier alpha value is -1.84. The molecule has 1 aromatic carbocycles. The molecule has 0 spiro atoms. The van der Waals surface area contributed by atoms with Crippen LogP contribution in [0.5, 0.6) is 0 Å². The van der Waals surface area contributed by atoms with Crippen LogP contribution in [-0.4, -0.2) is 34.4 Å². The molecule has 1 aliphatic heterocycles. The minimum absolute atomic E-state index is 0.265. The molecule has 1 unspecified atom stereocenters. The maximum atomic E-state index is 12.3. The van der Waals surface area contributed by atoms with Crippen LogP contribution in [-0.2, 0) is 16.1 Å². The molecular formula is C17H24N2O2. The van der Waals surface area contributed by atoms with Crippen molar-refractivity contribution >= 4 is 12.3 Å². The second-order valence-corrected chi connectivity index (χ2v) is 6.97. The minimum Gasteiger partial charge on any atom is -0.458 e. The Labute approximate surface area is 126 Å². The van der Waals surface area contributed by atoms with Crippen LogP contribution in [0.3, 0.4) is 0 Å². The molecule has 1 aromatic rings. The van der Waals surface area contributed by atoms with E-state index in [2.05, 4.69) is 22.0 Å². The molecule has 1 heterocycles. The average molecular weight is 288 g/mol. The molecule has 4 heteroatoms. The SMILES string of the molecule is CC(C)(C)OC(=O)C1N=CN(Cc2ccccc2)C1(C)C. The van der Waals surface area contributed by atoms with E-state index < -0.39 is 17.2 Å². The van der Waals surface area contributed by atoms with Crippen molar-refractivity contribution in [1.29, 1.82) is 0 Å². The topological polar surface area (TPSA) is 41.9 Å². The Kier molecular flexibility index (Phi) is 4.08. The molecular weight excluding hydrogens is 264 g/mol. The van der Waals surface area contributed by atoms with Crippen LogP contribution in [0.15, 0.2) is 35.3 Å². The smallest absolute Gasteiger partial charge is 0.333 e. The number of carbonyl (C=O) groups excluding carboxylic acids is 1. The van der Waals surface area contributed by atoms with Gasteiger partial charge in [-0.3, -0.25) is 4.99 Å². The van der Waals surface area contributed by atoms with E-state index in [4.69, 9.17) is 4.74 Å². The van der Waals surface area contributed by atoms with Crippen LogP contribution in [0.4, 0.5) is 0 Å². The van der Waals surface area contributed by atoms with Crippen LogP contribution in [0, 0.1) is 0 Å². The highest BCUT2D eigenvalue weighted by Crippen LogP contribution is 2.29. The molecule has 1 aliphatic rings. The summed E-state index contributed by atoms with van der Waals surface area (Å²) in [6, 6.07) is 9.69. The highest BCUT2D eigenvalue weighted by Gasteiger charge is 2.44. The molecule has 0 radical (unpaired) electrons. The van der Waals surface area contributed by atoms with Gasteiger partial charge in [0.05, 0.1) is 11.9 Å². The zero-order valence-corrected chi connectivity index (χ0v) is 13.5. The third kappa shape index (κ3) is 3.63. The third-order valence-corrected chi connectivity index (χ3v) is 3.59. The van der Waals surface area contributed by atoms with Gasteiger partial charge in [0.25, 0.3) is 0 Å². The third-order valence-electron chi connectivity index (χ3n) is 3.59. The van der Waals surface area contributed by atoms with Gasteiger partial charge in [-0.05, 0) is 40.2 Å². The van der Waals surface area contributed by atoms with E-state index in [-0.39, 0.29) is 5.97 Å². The molecule has 2 rings (SSSR count). The van der Waals surface area contributed by atoms with E-state index in [9.17, 15) is 4.79 Å². The fraction of sp³-hybridized carbons (Fsp3) is 0.529. The van der Waals surface area contributed by atoms with Crippen molar-refractivity contribution in [3.05, 3.63) is 35.9 Å². The molecule has 114 valence electrons. The van der Waals surface area contributed by atoms with Gasteiger partial charge in [-0.2, -0.15) is 0 Å². The standard InChI is InChI=1S/C17H24N2O2/c1-16(2,3)21-15(20)14-17(4,5)19(12-18-14)11-13-9-7-6-8-10-13/h6-10,12,14H,11H2,1-5H3. The first-order valence-electron chi connectivity index (χ1n) is 7.27. The lowest BCUT2D eigenvalue weighted by Crippen LogP contribution is -2.50. The lowest BCUT2D eigenvalue weighted by atomic mass is 9.94. The lowest BCUT2D eigenvalue weighted by Gasteiger charge is -2.35. The predicted molar refractivity (Wildman–Crippen MR) is 84.2 cm³/mol. The van der Waals surface area contributed by atoms with E-state index in [0.29, 0.717) is 0 Å². The highest BCUT2D eigenvalue weighted by atomic mass is 16.6. The van der Waals surface area contributed by atoms with E-state index in [0.717, 1.165) is 6.54 Å². The minimum atomic E-state index is -0.491. The predicted octanol–water partition coefficient (Wildman–Crippen LogP) is 3.02. The number of hydrogen-bond donors (Lipinski definition) is 0. The summed E-state index contributed by atoms with van der Waals surface area (Å²) in [7, 11) is 0. The summed E-state index contributed by atoms with van der Waals surface area (Å²) in [5.74, 6) is -0.265. The summed E-state index contributed by atoms with van der Waals surface area (Å²) in [6.45, 7) is 10.4. The summed E-state index contributed by atoms with van der Waals surface area (Å²) in [5, 5.41) is 0. The quantitative estimate of drug-likeness (QED) is 0.803. The first-order valence-corrected chi connectivity index (χ1v) is 7.27. The van der Waals surface area contributed by atoms with E-state index in [1.807, 2.05) is 52.8 Å². The molecule has 0 aromatic heterocycles. The van der Waals surface area contributed by atoms with Gasteiger partial charge in [-0.1, -0.05) is 30.3 Å². The number of benzene rings is 1. The van der Waals surface area contributed by atoms with Crippen molar-refractivity contribution in [2.75, 3.05) is 0 Å². The van der Waals surface area contributed by atoms with E-state index in [1.54, 1.807) is 6.34 Å². The van der Waals surface area contributed by atoms with Crippen LogP contribution < -0.4 is 0 Å². The van der Waals surface area contributed by atoms with Crippen molar-refractivity contribution in [3.63, 3.8) is 0 Å². The van der Waals surface area contributed by atoms with Gasteiger partial charge in [0, 0.05) is 6.54 Å². The summed E-state index contributed by atoms with van der Waals surface area (Å²) >= 11 is 0.